The van der Waals surface area contributed by atoms with Gasteiger partial charge < -0.3 is 20.3 Å². The van der Waals surface area contributed by atoms with Gasteiger partial charge in [-0.25, -0.2) is 9.97 Å². The van der Waals surface area contributed by atoms with Crippen LogP contribution in [0.4, 0.5) is 11.6 Å². The first-order valence-corrected chi connectivity index (χ1v) is 9.88. The van der Waals surface area contributed by atoms with E-state index in [4.69, 9.17) is 4.74 Å². The lowest BCUT2D eigenvalue weighted by molar-refractivity contribution is -0.120. The third-order valence-electron chi connectivity index (χ3n) is 4.78. The maximum atomic E-state index is 12.1. The summed E-state index contributed by atoms with van der Waals surface area (Å²) in [7, 11) is 1.63. The smallest absolute Gasteiger partial charge is 0.224 e. The van der Waals surface area contributed by atoms with Gasteiger partial charge in [0.15, 0.2) is 0 Å². The number of benzene rings is 1. The average molecular weight is 383 g/mol. The number of carbonyl (C=O) groups excluding carboxylic acids is 1. The first kappa shape index (κ1) is 19.9. The molecule has 1 fully saturated rings. The maximum Gasteiger partial charge on any atom is 0.224 e. The quantitative estimate of drug-likeness (QED) is 0.682. The molecule has 0 aliphatic carbocycles. The number of hydrogen-bond donors (Lipinski definition) is 2. The van der Waals surface area contributed by atoms with Gasteiger partial charge in [-0.2, -0.15) is 0 Å². The van der Waals surface area contributed by atoms with E-state index in [0.29, 0.717) is 19.5 Å². The lowest BCUT2D eigenvalue weighted by Crippen LogP contribution is -2.31. The van der Waals surface area contributed by atoms with Crippen LogP contribution in [0.1, 0.15) is 30.7 Å². The Labute approximate surface area is 166 Å². The fourth-order valence-electron chi connectivity index (χ4n) is 3.31. The molecule has 1 aliphatic rings. The van der Waals surface area contributed by atoms with Gasteiger partial charge in [-0.15, -0.1) is 0 Å². The molecule has 7 heteroatoms. The van der Waals surface area contributed by atoms with Crippen LogP contribution < -0.4 is 20.3 Å². The van der Waals surface area contributed by atoms with Gasteiger partial charge in [0.05, 0.1) is 13.5 Å². The number of nitrogens with one attached hydrogen (secondary N) is 2. The summed E-state index contributed by atoms with van der Waals surface area (Å²) in [5.74, 6) is 3.34. The van der Waals surface area contributed by atoms with Crippen LogP contribution >= 0.6 is 0 Å². The van der Waals surface area contributed by atoms with E-state index in [1.807, 2.05) is 37.3 Å². The van der Waals surface area contributed by atoms with Crippen LogP contribution in [0.2, 0.25) is 0 Å². The molecule has 0 radical (unpaired) electrons. The molecule has 1 saturated heterocycles. The molecule has 28 heavy (non-hydrogen) atoms. The third-order valence-corrected chi connectivity index (χ3v) is 4.78. The number of aromatic nitrogens is 2. The van der Waals surface area contributed by atoms with Gasteiger partial charge in [0.1, 0.15) is 23.2 Å². The molecule has 2 heterocycles. The molecule has 0 atom stereocenters. The number of amides is 1. The predicted octanol–water partition coefficient (Wildman–Crippen LogP) is 2.55. The molecule has 7 nitrogen and oxygen atoms in total. The Hall–Kier alpha value is -2.83. The van der Waals surface area contributed by atoms with Gasteiger partial charge in [0.2, 0.25) is 5.91 Å². The van der Waals surface area contributed by atoms with Gasteiger partial charge in [0.25, 0.3) is 0 Å². The molecular formula is C21H29N5O2. The van der Waals surface area contributed by atoms with Crippen molar-refractivity contribution in [1.29, 1.82) is 0 Å². The number of aryl methyl sites for hydroxylation is 1. The number of carbonyl (C=O) groups is 1. The molecule has 0 bridgehead atoms. The van der Waals surface area contributed by atoms with E-state index in [9.17, 15) is 4.79 Å². The van der Waals surface area contributed by atoms with E-state index in [-0.39, 0.29) is 5.91 Å². The van der Waals surface area contributed by atoms with E-state index in [0.717, 1.165) is 41.9 Å². The number of hydrogen-bond acceptors (Lipinski definition) is 6. The van der Waals surface area contributed by atoms with E-state index in [1.165, 1.54) is 19.3 Å². The normalized spacial score (nSPS) is 13.9. The molecule has 2 N–H and O–H groups in total. The maximum absolute atomic E-state index is 12.1. The second-order valence-electron chi connectivity index (χ2n) is 7.01. The number of nitrogens with zero attached hydrogens (tertiary/aromatic N) is 3. The van der Waals surface area contributed by atoms with Crippen LogP contribution in [0.5, 0.6) is 5.75 Å². The highest BCUT2D eigenvalue weighted by molar-refractivity contribution is 5.78. The van der Waals surface area contributed by atoms with E-state index < -0.39 is 0 Å². The highest BCUT2D eigenvalue weighted by Crippen LogP contribution is 2.20. The van der Waals surface area contributed by atoms with Crippen LogP contribution in [0.25, 0.3) is 0 Å². The highest BCUT2D eigenvalue weighted by atomic mass is 16.5. The van der Waals surface area contributed by atoms with Gasteiger partial charge in [-0.3, -0.25) is 4.79 Å². The third kappa shape index (κ3) is 5.84. The van der Waals surface area contributed by atoms with Crippen molar-refractivity contribution in [3.63, 3.8) is 0 Å². The summed E-state index contributed by atoms with van der Waals surface area (Å²) in [6.07, 6.45) is 4.08. The SMILES string of the molecule is COc1ccc(CC(=O)NCCNc2cc(N3CCCCC3)nc(C)n2)cc1. The van der Waals surface area contributed by atoms with Crippen molar-refractivity contribution in [3.05, 3.63) is 41.7 Å². The fraction of sp³-hybridized carbons (Fsp3) is 0.476. The van der Waals surface area contributed by atoms with Crippen LogP contribution in [-0.4, -0.2) is 49.2 Å². The molecule has 1 aromatic heterocycles. The fourth-order valence-corrected chi connectivity index (χ4v) is 3.31. The minimum Gasteiger partial charge on any atom is -0.497 e. The van der Waals surface area contributed by atoms with Gasteiger partial charge >= 0.3 is 0 Å². The molecule has 1 aliphatic heterocycles. The van der Waals surface area contributed by atoms with E-state index in [1.54, 1.807) is 7.11 Å². The summed E-state index contributed by atoms with van der Waals surface area (Å²) in [6.45, 7) is 5.17. The van der Waals surface area contributed by atoms with Gasteiger partial charge in [0, 0.05) is 32.2 Å². The number of rotatable bonds is 8. The molecule has 1 amide bonds. The average Bonchev–Trinajstić information content (AvgIpc) is 2.72. The summed E-state index contributed by atoms with van der Waals surface area (Å²) >= 11 is 0. The topological polar surface area (TPSA) is 79.4 Å². The first-order valence-electron chi connectivity index (χ1n) is 9.88. The van der Waals surface area contributed by atoms with Crippen molar-refractivity contribution in [1.82, 2.24) is 15.3 Å². The van der Waals surface area contributed by atoms with Crippen molar-refractivity contribution < 1.29 is 9.53 Å². The zero-order chi connectivity index (χ0) is 19.8. The molecule has 1 aromatic carbocycles. The molecule has 0 spiro atoms. The Kier molecular flexibility index (Phi) is 7.06. The molecule has 2 aromatic rings. The Bertz CT molecular complexity index is 773. The number of methoxy groups -OCH3 is 1. The summed E-state index contributed by atoms with van der Waals surface area (Å²) in [4.78, 5) is 23.4. The number of anilines is 2. The lowest BCUT2D eigenvalue weighted by Gasteiger charge is -2.28. The second kappa shape index (κ2) is 9.92. The van der Waals surface area contributed by atoms with Crippen LogP contribution in [-0.2, 0) is 11.2 Å². The zero-order valence-corrected chi connectivity index (χ0v) is 16.7. The summed E-state index contributed by atoms with van der Waals surface area (Å²) < 4.78 is 5.13. The highest BCUT2D eigenvalue weighted by Gasteiger charge is 2.13. The summed E-state index contributed by atoms with van der Waals surface area (Å²) in [6, 6.07) is 9.53. The summed E-state index contributed by atoms with van der Waals surface area (Å²) in [5, 5.41) is 6.23. The first-order chi connectivity index (χ1) is 13.6. The Morgan fingerprint density at radius 2 is 1.86 bits per heavy atom. The molecule has 0 unspecified atom stereocenters. The largest absolute Gasteiger partial charge is 0.497 e. The van der Waals surface area contributed by atoms with Crippen LogP contribution in [0, 0.1) is 6.92 Å². The van der Waals surface area contributed by atoms with Gasteiger partial charge in [-0.1, -0.05) is 12.1 Å². The van der Waals surface area contributed by atoms with E-state index >= 15 is 0 Å². The number of piperidine rings is 1. The van der Waals surface area contributed by atoms with Crippen molar-refractivity contribution in [2.75, 3.05) is 43.5 Å². The Morgan fingerprint density at radius 1 is 1.11 bits per heavy atom. The van der Waals surface area contributed by atoms with E-state index in [2.05, 4.69) is 25.5 Å². The molecule has 150 valence electrons. The van der Waals surface area contributed by atoms with Crippen molar-refractivity contribution in [3.8, 4) is 5.75 Å². The molecule has 3 rings (SSSR count). The molecular weight excluding hydrogens is 354 g/mol. The minimum atomic E-state index is -0.000148. The minimum absolute atomic E-state index is 0.000148. The standard InChI is InChI=1S/C21H29N5O2/c1-16-24-19(15-20(25-16)26-12-4-3-5-13-26)22-10-11-23-21(27)14-17-6-8-18(28-2)9-7-17/h6-9,15H,3-5,10-14H2,1-2H3,(H,23,27)(H,22,24,25). The van der Waals surface area contributed by atoms with Crippen molar-refractivity contribution in [2.45, 2.75) is 32.6 Å². The Morgan fingerprint density at radius 3 is 2.57 bits per heavy atom. The number of ether oxygens (including phenoxy) is 1. The Balaban J connectivity index is 1.44. The van der Waals surface area contributed by atoms with Crippen LogP contribution in [0.3, 0.4) is 0 Å². The van der Waals surface area contributed by atoms with Crippen molar-refractivity contribution in [2.24, 2.45) is 0 Å². The zero-order valence-electron chi connectivity index (χ0n) is 16.7. The van der Waals surface area contributed by atoms with Crippen LogP contribution in [0.15, 0.2) is 30.3 Å². The lowest BCUT2D eigenvalue weighted by atomic mass is 10.1. The monoisotopic (exact) mass is 383 g/mol. The van der Waals surface area contributed by atoms with Gasteiger partial charge in [-0.05, 0) is 43.9 Å². The molecule has 0 saturated carbocycles. The summed E-state index contributed by atoms with van der Waals surface area (Å²) in [5.41, 5.74) is 0.962. The second-order valence-corrected chi connectivity index (χ2v) is 7.01. The van der Waals surface area contributed by atoms with Crippen molar-refractivity contribution >= 4 is 17.5 Å². The predicted molar refractivity (Wildman–Crippen MR) is 111 cm³/mol.